The van der Waals surface area contributed by atoms with Crippen LogP contribution in [-0.4, -0.2) is 25.8 Å². The smallest absolute Gasteiger partial charge is 0.224 e. The summed E-state index contributed by atoms with van der Waals surface area (Å²) in [6.45, 7) is 0. The topological polar surface area (TPSA) is 63.2 Å². The molecule has 98 valence electrons. The van der Waals surface area contributed by atoms with Crippen LogP contribution in [0.3, 0.4) is 0 Å². The van der Waals surface area contributed by atoms with Crippen LogP contribution in [0.2, 0.25) is 0 Å². The van der Waals surface area contributed by atoms with Gasteiger partial charge in [0.15, 0.2) is 9.84 Å². The van der Waals surface area contributed by atoms with Gasteiger partial charge in [-0.15, -0.1) is 0 Å². The van der Waals surface area contributed by atoms with Crippen molar-refractivity contribution in [3.8, 4) is 0 Å². The van der Waals surface area contributed by atoms with Crippen LogP contribution in [-0.2, 0) is 14.6 Å². The summed E-state index contributed by atoms with van der Waals surface area (Å²) in [6, 6.07) is 7.51. The third-order valence-corrected chi connectivity index (χ3v) is 5.73. The number of nitrogens with one attached hydrogen (secondary N) is 1. The van der Waals surface area contributed by atoms with Gasteiger partial charge in [-0.1, -0.05) is 12.1 Å². The number of amides is 1. The fraction of sp³-hybridized carbons (Fsp3) is 0.417. The molecule has 6 heteroatoms. The van der Waals surface area contributed by atoms with Gasteiger partial charge < -0.3 is 5.32 Å². The predicted molar refractivity (Wildman–Crippen MR) is 79.2 cm³/mol. The molecule has 0 bridgehead atoms. The van der Waals surface area contributed by atoms with Crippen LogP contribution in [0, 0.1) is 9.49 Å². The number of hydrogen-bond acceptors (Lipinski definition) is 3. The number of sulfone groups is 1. The van der Waals surface area contributed by atoms with Crippen molar-refractivity contribution in [1.29, 1.82) is 0 Å². The molecule has 1 aromatic rings. The van der Waals surface area contributed by atoms with E-state index in [0.29, 0.717) is 6.42 Å². The molecule has 0 aromatic heterocycles. The second-order valence-corrected chi connectivity index (χ2v) is 7.89. The number of rotatable bonds is 3. The van der Waals surface area contributed by atoms with E-state index in [9.17, 15) is 13.2 Å². The molecule has 1 N–H and O–H groups in total. The van der Waals surface area contributed by atoms with Gasteiger partial charge in [0.05, 0.1) is 17.2 Å². The Labute approximate surface area is 120 Å². The van der Waals surface area contributed by atoms with E-state index >= 15 is 0 Å². The molecule has 2 rings (SSSR count). The zero-order valence-electron chi connectivity index (χ0n) is 9.73. The number of para-hydroxylation sites is 1. The second kappa shape index (κ2) is 5.56. The molecule has 1 heterocycles. The van der Waals surface area contributed by atoms with Crippen LogP contribution in [0.5, 0.6) is 0 Å². The molecule has 1 atom stereocenters. The average Bonchev–Trinajstić information content (AvgIpc) is 2.61. The Morgan fingerprint density at radius 1 is 1.39 bits per heavy atom. The standard InChI is InChI=1S/C12H14INO3S/c13-10-3-1-2-4-11(10)14-12(15)7-9-5-6-18(16,17)8-9/h1-4,9H,5-8H2,(H,14,15). The van der Waals surface area contributed by atoms with E-state index in [1.165, 1.54) is 0 Å². The van der Waals surface area contributed by atoms with E-state index < -0.39 is 9.84 Å². The summed E-state index contributed by atoms with van der Waals surface area (Å²) in [5, 5.41) is 2.82. The van der Waals surface area contributed by atoms with Gasteiger partial charge in [-0.2, -0.15) is 0 Å². The molecule has 1 aliphatic heterocycles. The summed E-state index contributed by atoms with van der Waals surface area (Å²) in [7, 11) is -2.90. The third-order valence-electron chi connectivity index (χ3n) is 2.95. The van der Waals surface area contributed by atoms with Gasteiger partial charge in [0.2, 0.25) is 5.91 Å². The quantitative estimate of drug-likeness (QED) is 0.818. The first-order chi connectivity index (χ1) is 8.46. The van der Waals surface area contributed by atoms with E-state index in [2.05, 4.69) is 27.9 Å². The lowest BCUT2D eigenvalue weighted by atomic mass is 10.1. The lowest BCUT2D eigenvalue weighted by Crippen LogP contribution is -2.17. The normalized spacial score (nSPS) is 21.7. The molecule has 0 saturated carbocycles. The highest BCUT2D eigenvalue weighted by Gasteiger charge is 2.29. The maximum absolute atomic E-state index is 11.8. The highest BCUT2D eigenvalue weighted by molar-refractivity contribution is 14.1. The maximum atomic E-state index is 11.8. The molecular weight excluding hydrogens is 365 g/mol. The number of halogens is 1. The predicted octanol–water partition coefficient (Wildman–Crippen LogP) is 2.05. The van der Waals surface area contributed by atoms with Crippen molar-refractivity contribution in [1.82, 2.24) is 0 Å². The highest BCUT2D eigenvalue weighted by atomic mass is 127. The van der Waals surface area contributed by atoms with Crippen LogP contribution in [0.1, 0.15) is 12.8 Å². The number of carbonyl (C=O) groups is 1. The van der Waals surface area contributed by atoms with E-state index in [1.807, 2.05) is 24.3 Å². The lowest BCUT2D eigenvalue weighted by Gasteiger charge is -2.09. The molecule has 1 unspecified atom stereocenters. The maximum Gasteiger partial charge on any atom is 0.224 e. The SMILES string of the molecule is O=C(CC1CCS(=O)(=O)C1)Nc1ccccc1I. The van der Waals surface area contributed by atoms with Crippen molar-refractivity contribution in [2.45, 2.75) is 12.8 Å². The summed E-state index contributed by atoms with van der Waals surface area (Å²) in [6.07, 6.45) is 0.881. The van der Waals surface area contributed by atoms with Crippen LogP contribution in [0.4, 0.5) is 5.69 Å². The van der Waals surface area contributed by atoms with Gasteiger partial charge in [-0.05, 0) is 47.1 Å². The molecule has 0 aliphatic carbocycles. The second-order valence-electron chi connectivity index (χ2n) is 4.50. The van der Waals surface area contributed by atoms with Crippen molar-refractivity contribution in [3.05, 3.63) is 27.8 Å². The summed E-state index contributed by atoms with van der Waals surface area (Å²) >= 11 is 2.15. The molecule has 4 nitrogen and oxygen atoms in total. The van der Waals surface area contributed by atoms with Crippen molar-refractivity contribution in [2.24, 2.45) is 5.92 Å². The Morgan fingerprint density at radius 2 is 2.11 bits per heavy atom. The molecule has 1 saturated heterocycles. The monoisotopic (exact) mass is 379 g/mol. The Bertz CT molecular complexity index is 556. The van der Waals surface area contributed by atoms with E-state index in [0.717, 1.165) is 9.26 Å². The van der Waals surface area contributed by atoms with Gasteiger partial charge in [0, 0.05) is 9.99 Å². The van der Waals surface area contributed by atoms with Gasteiger partial charge in [0.25, 0.3) is 0 Å². The molecule has 1 aliphatic rings. The van der Waals surface area contributed by atoms with Crippen molar-refractivity contribution < 1.29 is 13.2 Å². The molecule has 18 heavy (non-hydrogen) atoms. The Kier molecular flexibility index (Phi) is 4.26. The largest absolute Gasteiger partial charge is 0.325 e. The third kappa shape index (κ3) is 3.68. The minimum Gasteiger partial charge on any atom is -0.325 e. The molecule has 1 amide bonds. The first kappa shape index (κ1) is 13.8. The van der Waals surface area contributed by atoms with E-state index in [4.69, 9.17) is 0 Å². The lowest BCUT2D eigenvalue weighted by molar-refractivity contribution is -0.116. The minimum absolute atomic E-state index is 0.0311. The highest BCUT2D eigenvalue weighted by Crippen LogP contribution is 2.23. The van der Waals surface area contributed by atoms with Crippen molar-refractivity contribution in [3.63, 3.8) is 0 Å². The molecule has 1 aromatic carbocycles. The van der Waals surface area contributed by atoms with Crippen LogP contribution >= 0.6 is 22.6 Å². The van der Waals surface area contributed by atoms with E-state index in [-0.39, 0.29) is 29.8 Å². The van der Waals surface area contributed by atoms with Crippen LogP contribution in [0.15, 0.2) is 24.3 Å². The minimum atomic E-state index is -2.90. The summed E-state index contributed by atoms with van der Waals surface area (Å²) < 4.78 is 23.6. The fourth-order valence-electron chi connectivity index (χ4n) is 2.06. The van der Waals surface area contributed by atoms with Crippen molar-refractivity contribution in [2.75, 3.05) is 16.8 Å². The summed E-state index contributed by atoms with van der Waals surface area (Å²) in [5.41, 5.74) is 0.781. The first-order valence-electron chi connectivity index (χ1n) is 5.71. The number of carbonyl (C=O) groups excluding carboxylic acids is 1. The molecule has 1 fully saturated rings. The van der Waals surface area contributed by atoms with Gasteiger partial charge in [-0.25, -0.2) is 8.42 Å². The molecular formula is C12H14INO3S. The number of anilines is 1. The van der Waals surface area contributed by atoms with Crippen molar-refractivity contribution >= 4 is 44.0 Å². The number of hydrogen-bond donors (Lipinski definition) is 1. The van der Waals surface area contributed by atoms with E-state index in [1.54, 1.807) is 0 Å². The average molecular weight is 379 g/mol. The number of benzene rings is 1. The van der Waals surface area contributed by atoms with Gasteiger partial charge >= 0.3 is 0 Å². The zero-order valence-corrected chi connectivity index (χ0v) is 12.7. The fourth-order valence-corrected chi connectivity index (χ4v) is 4.44. The Balaban J connectivity index is 1.92. The van der Waals surface area contributed by atoms with Gasteiger partial charge in [-0.3, -0.25) is 4.79 Å². The molecule has 0 radical (unpaired) electrons. The molecule has 0 spiro atoms. The summed E-state index contributed by atoms with van der Waals surface area (Å²) in [5.74, 6) is 0.220. The first-order valence-corrected chi connectivity index (χ1v) is 8.61. The Morgan fingerprint density at radius 3 is 2.72 bits per heavy atom. The zero-order chi connectivity index (χ0) is 13.2. The van der Waals surface area contributed by atoms with Crippen LogP contribution < -0.4 is 5.32 Å². The van der Waals surface area contributed by atoms with Crippen LogP contribution in [0.25, 0.3) is 0 Å². The Hall–Kier alpha value is -0.630. The summed E-state index contributed by atoms with van der Waals surface area (Å²) in [4.78, 5) is 11.8. The van der Waals surface area contributed by atoms with Gasteiger partial charge in [0.1, 0.15) is 0 Å².